The van der Waals surface area contributed by atoms with Crippen LogP contribution in [0.15, 0.2) is 41.3 Å². The minimum atomic E-state index is -0.528. The van der Waals surface area contributed by atoms with Crippen molar-refractivity contribution >= 4 is 5.97 Å². The van der Waals surface area contributed by atoms with Crippen LogP contribution in [0, 0.1) is 0 Å². The van der Waals surface area contributed by atoms with Crippen LogP contribution in [0.4, 0.5) is 0 Å². The van der Waals surface area contributed by atoms with E-state index in [0.717, 1.165) is 0 Å². The number of aromatic nitrogens is 2. The van der Waals surface area contributed by atoms with Gasteiger partial charge in [-0.05, 0) is 19.1 Å². The summed E-state index contributed by atoms with van der Waals surface area (Å²) < 4.78 is 6.18. The molecule has 0 radical (unpaired) electrons. The molecule has 0 saturated carbocycles. The van der Waals surface area contributed by atoms with E-state index in [-0.39, 0.29) is 19.4 Å². The van der Waals surface area contributed by atoms with Crippen LogP contribution in [0.2, 0.25) is 0 Å². The third-order valence-corrected chi connectivity index (χ3v) is 2.25. The Hall–Kier alpha value is -2.30. The van der Waals surface area contributed by atoms with Gasteiger partial charge in [0.1, 0.15) is 5.69 Å². The molecule has 0 spiro atoms. The van der Waals surface area contributed by atoms with E-state index in [1.807, 2.05) is 32.0 Å². The van der Waals surface area contributed by atoms with Crippen molar-refractivity contribution < 1.29 is 11.0 Å². The van der Waals surface area contributed by atoms with Gasteiger partial charge in [-0.1, -0.05) is 32.0 Å². The van der Waals surface area contributed by atoms with E-state index in [1.165, 1.54) is 10.8 Å². The Morgan fingerprint density at radius 2 is 1.95 bits per heavy atom. The number of H-pyrrole nitrogens is 1. The normalized spacial score (nSPS) is 9.42. The zero-order valence-corrected chi connectivity index (χ0v) is 11.3. The van der Waals surface area contributed by atoms with E-state index in [1.54, 1.807) is 19.1 Å². The Kier molecular flexibility index (Phi) is 5.60. The summed E-state index contributed by atoms with van der Waals surface area (Å²) in [6, 6.07) is 9.05. The number of ether oxygens (including phenoxy) is 1. The molecular weight excluding hydrogens is 244 g/mol. The first-order valence-electron chi connectivity index (χ1n) is 6.26. The number of nitrogens with one attached hydrogen (secondary N) is 1. The number of rotatable bonds is 3. The first-order valence-corrected chi connectivity index (χ1v) is 6.26. The van der Waals surface area contributed by atoms with Gasteiger partial charge in [-0.3, -0.25) is 9.55 Å². The molecule has 104 valence electrons. The van der Waals surface area contributed by atoms with Gasteiger partial charge in [0.05, 0.1) is 12.3 Å². The zero-order chi connectivity index (χ0) is 14.3. The van der Waals surface area contributed by atoms with Crippen molar-refractivity contribution in [2.75, 3.05) is 6.61 Å². The molecule has 5 nitrogen and oxygen atoms in total. The molecule has 0 aliphatic rings. The molecule has 1 heterocycles. The topological polar surface area (TPSA) is 64.1 Å². The molecule has 5 heteroatoms. The first-order chi connectivity index (χ1) is 9.22. The summed E-state index contributed by atoms with van der Waals surface area (Å²) in [5, 5.41) is 0. The third kappa shape index (κ3) is 3.58. The fourth-order valence-corrected chi connectivity index (χ4v) is 1.49. The molecule has 1 aromatic carbocycles. The van der Waals surface area contributed by atoms with E-state index in [0.29, 0.717) is 5.69 Å². The van der Waals surface area contributed by atoms with Crippen LogP contribution in [-0.4, -0.2) is 22.1 Å². The maximum Gasteiger partial charge on any atom is 0.356 e. The number of carbonyl (C=O) groups is 1. The summed E-state index contributed by atoms with van der Waals surface area (Å²) >= 11 is 0. The molecule has 0 fully saturated rings. The smallest absolute Gasteiger partial charge is 0.356 e. The molecule has 0 saturated heterocycles. The van der Waals surface area contributed by atoms with Crippen LogP contribution >= 0.6 is 0 Å². The lowest BCUT2D eigenvalue weighted by molar-refractivity contribution is 0.0520. The van der Waals surface area contributed by atoms with Crippen LogP contribution < -0.4 is 5.69 Å². The fraction of sp³-hybridized carbons (Fsp3) is 0.286. The predicted octanol–water partition coefficient (Wildman–Crippen LogP) is 2.61. The van der Waals surface area contributed by atoms with Crippen LogP contribution in [0.3, 0.4) is 0 Å². The lowest BCUT2D eigenvalue weighted by Gasteiger charge is -1.99. The SMILES string of the molecule is CC.CCOC(=O)c1cn(-c2ccccc2)c(=O)[nH]1.[HH]. The van der Waals surface area contributed by atoms with Gasteiger partial charge in [0.15, 0.2) is 0 Å². The summed E-state index contributed by atoms with van der Waals surface area (Å²) in [6.07, 6.45) is 1.44. The molecular formula is C14H20N2O3. The fourth-order valence-electron chi connectivity index (χ4n) is 1.49. The van der Waals surface area contributed by atoms with E-state index >= 15 is 0 Å². The molecule has 0 bridgehead atoms. The second-order valence-electron chi connectivity index (χ2n) is 3.40. The summed E-state index contributed by atoms with van der Waals surface area (Å²) in [7, 11) is 0. The Morgan fingerprint density at radius 3 is 2.53 bits per heavy atom. The number of imidazole rings is 1. The second-order valence-corrected chi connectivity index (χ2v) is 3.40. The van der Waals surface area contributed by atoms with Gasteiger partial charge < -0.3 is 4.74 Å². The van der Waals surface area contributed by atoms with Crippen molar-refractivity contribution in [1.82, 2.24) is 9.55 Å². The largest absolute Gasteiger partial charge is 0.461 e. The number of para-hydroxylation sites is 1. The van der Waals surface area contributed by atoms with Crippen molar-refractivity contribution in [2.45, 2.75) is 20.8 Å². The van der Waals surface area contributed by atoms with Gasteiger partial charge in [-0.25, -0.2) is 9.59 Å². The third-order valence-electron chi connectivity index (χ3n) is 2.25. The molecule has 1 N–H and O–H groups in total. The molecule has 0 aliphatic carbocycles. The number of benzene rings is 1. The maximum atomic E-state index is 11.6. The van der Waals surface area contributed by atoms with Crippen molar-refractivity contribution in [3.63, 3.8) is 0 Å². The Bertz CT molecular complexity index is 576. The van der Waals surface area contributed by atoms with Crippen molar-refractivity contribution in [3.8, 4) is 5.69 Å². The van der Waals surface area contributed by atoms with Crippen molar-refractivity contribution in [1.29, 1.82) is 0 Å². The molecule has 0 amide bonds. The highest BCUT2D eigenvalue weighted by molar-refractivity contribution is 5.87. The van der Waals surface area contributed by atoms with E-state index in [2.05, 4.69) is 4.98 Å². The first kappa shape index (κ1) is 14.8. The average Bonchev–Trinajstić information content (AvgIpc) is 2.84. The van der Waals surface area contributed by atoms with Crippen LogP contribution in [0.25, 0.3) is 5.69 Å². The molecule has 19 heavy (non-hydrogen) atoms. The van der Waals surface area contributed by atoms with Gasteiger partial charge in [-0.15, -0.1) is 0 Å². The van der Waals surface area contributed by atoms with E-state index in [9.17, 15) is 9.59 Å². The molecule has 0 aliphatic heterocycles. The number of nitrogens with zero attached hydrogens (tertiary/aromatic N) is 1. The molecule has 1 aromatic heterocycles. The highest BCUT2D eigenvalue weighted by Crippen LogP contribution is 2.05. The summed E-state index contributed by atoms with van der Waals surface area (Å²) in [4.78, 5) is 25.5. The minimum absolute atomic E-state index is 0. The van der Waals surface area contributed by atoms with Gasteiger partial charge in [0.2, 0.25) is 0 Å². The van der Waals surface area contributed by atoms with Gasteiger partial charge in [0.25, 0.3) is 0 Å². The van der Waals surface area contributed by atoms with E-state index < -0.39 is 5.97 Å². The number of hydrogen-bond acceptors (Lipinski definition) is 3. The highest BCUT2D eigenvalue weighted by Gasteiger charge is 2.12. The van der Waals surface area contributed by atoms with Gasteiger partial charge in [-0.2, -0.15) is 0 Å². The maximum absolute atomic E-state index is 11.6. The number of carbonyl (C=O) groups excluding carboxylic acids is 1. The number of esters is 1. The van der Waals surface area contributed by atoms with Gasteiger partial charge >= 0.3 is 11.7 Å². The lowest BCUT2D eigenvalue weighted by atomic mass is 10.3. The standard InChI is InChI=1S/C12H12N2O3.C2H6.H2/c1-2-17-11(15)10-8-14(12(16)13-10)9-6-4-3-5-7-9;1-2;/h3-8H,2H2,1H3,(H,13,16);1-2H3;1H. The minimum Gasteiger partial charge on any atom is -0.461 e. The Morgan fingerprint density at radius 1 is 1.32 bits per heavy atom. The summed E-state index contributed by atoms with van der Waals surface area (Å²) in [5.41, 5.74) is 0.490. The summed E-state index contributed by atoms with van der Waals surface area (Å²) in [6.45, 7) is 5.99. The number of aromatic amines is 1. The van der Waals surface area contributed by atoms with Crippen LogP contribution in [-0.2, 0) is 4.74 Å². The monoisotopic (exact) mass is 264 g/mol. The molecule has 2 aromatic rings. The van der Waals surface area contributed by atoms with Gasteiger partial charge in [0, 0.05) is 7.62 Å². The lowest BCUT2D eigenvalue weighted by Crippen LogP contribution is -2.14. The molecule has 2 rings (SSSR count). The van der Waals surface area contributed by atoms with Crippen molar-refractivity contribution in [3.05, 3.63) is 52.7 Å². The quantitative estimate of drug-likeness (QED) is 0.867. The van der Waals surface area contributed by atoms with Crippen LogP contribution in [0.1, 0.15) is 32.7 Å². The van der Waals surface area contributed by atoms with Crippen LogP contribution in [0.5, 0.6) is 0 Å². The highest BCUT2D eigenvalue weighted by atomic mass is 16.5. The summed E-state index contributed by atoms with van der Waals surface area (Å²) in [5.74, 6) is -0.528. The van der Waals surface area contributed by atoms with Crippen molar-refractivity contribution in [2.24, 2.45) is 0 Å². The Labute approximate surface area is 113 Å². The zero-order valence-electron chi connectivity index (χ0n) is 11.3. The van der Waals surface area contributed by atoms with E-state index in [4.69, 9.17) is 4.74 Å². The average molecular weight is 264 g/mol. The molecule has 0 unspecified atom stereocenters. The second kappa shape index (κ2) is 7.20. The Balaban J connectivity index is 0.00000115. The predicted molar refractivity (Wildman–Crippen MR) is 75.8 cm³/mol. The molecule has 0 atom stereocenters. The number of hydrogen-bond donors (Lipinski definition) is 1.